The van der Waals surface area contributed by atoms with E-state index in [2.05, 4.69) is 4.90 Å². The number of rotatable bonds is 3. The average Bonchev–Trinajstić information content (AvgIpc) is 2.47. The number of likely N-dealkylation sites (N-methyl/N-ethyl adjacent to an activating group) is 1. The van der Waals surface area contributed by atoms with E-state index >= 15 is 0 Å². The topological polar surface area (TPSA) is 68.3 Å². The first-order valence-electron chi connectivity index (χ1n) is 6.61. The smallest absolute Gasteiger partial charge is 0.203 e. The summed E-state index contributed by atoms with van der Waals surface area (Å²) in [6, 6.07) is 2.57. The zero-order valence-corrected chi connectivity index (χ0v) is 11.6. The van der Waals surface area contributed by atoms with E-state index in [1.165, 1.54) is 16.7 Å². The lowest BCUT2D eigenvalue weighted by atomic mass is 10.4. The van der Waals surface area contributed by atoms with E-state index in [0.717, 1.165) is 39.0 Å². The molecule has 1 aliphatic heterocycles. The van der Waals surface area contributed by atoms with Gasteiger partial charge in [-0.15, -0.1) is 0 Å². The van der Waals surface area contributed by atoms with Crippen LogP contribution < -0.4 is 5.49 Å². The monoisotopic (exact) mass is 281 g/mol. The predicted molar refractivity (Wildman–Crippen MR) is 73.3 cm³/mol. The maximum Gasteiger partial charge on any atom is 0.203 e. The zero-order valence-electron chi connectivity index (χ0n) is 11.6. The molecule has 0 unspecified atom stereocenters. The maximum atomic E-state index is 13.2. The fourth-order valence-corrected chi connectivity index (χ4v) is 2.06. The summed E-state index contributed by atoms with van der Waals surface area (Å²) in [7, 11) is 1.78. The summed E-state index contributed by atoms with van der Waals surface area (Å²) in [5.74, 6) is -0.352. The Morgan fingerprint density at radius 3 is 2.80 bits per heavy atom. The standard InChI is InChI=1S/C13H20FN5O/c1-17(4-5-18-6-8-20-9-7-18)13(16)19-10-11(14)2-3-12(19)15/h2-3,10,15-16H,4-9H2,1H3. The molecule has 0 spiro atoms. The molecular weight excluding hydrogens is 261 g/mol. The van der Waals surface area contributed by atoms with E-state index in [1.807, 2.05) is 0 Å². The van der Waals surface area contributed by atoms with Gasteiger partial charge in [0.2, 0.25) is 5.96 Å². The van der Waals surface area contributed by atoms with Gasteiger partial charge in [-0.1, -0.05) is 0 Å². The van der Waals surface area contributed by atoms with E-state index in [0.29, 0.717) is 6.54 Å². The van der Waals surface area contributed by atoms with Crippen molar-refractivity contribution < 1.29 is 9.13 Å². The predicted octanol–water partition coefficient (Wildman–Crippen LogP) is 0.154. The maximum absolute atomic E-state index is 13.2. The highest BCUT2D eigenvalue weighted by atomic mass is 19.1. The minimum atomic E-state index is -0.452. The normalized spacial score (nSPS) is 16.1. The second-order valence-electron chi connectivity index (χ2n) is 4.80. The van der Waals surface area contributed by atoms with Crippen LogP contribution in [0.3, 0.4) is 0 Å². The van der Waals surface area contributed by atoms with Crippen LogP contribution in [0, 0.1) is 16.6 Å². The highest BCUT2D eigenvalue weighted by Gasteiger charge is 2.13. The molecule has 0 atom stereocenters. The lowest BCUT2D eigenvalue weighted by Gasteiger charge is -2.29. The highest BCUT2D eigenvalue weighted by Crippen LogP contribution is 1.98. The van der Waals surface area contributed by atoms with Crippen LogP contribution in [0.15, 0.2) is 18.3 Å². The van der Waals surface area contributed by atoms with Gasteiger partial charge in [0.15, 0.2) is 0 Å². The summed E-state index contributed by atoms with van der Waals surface area (Å²) in [6.45, 7) is 4.77. The summed E-state index contributed by atoms with van der Waals surface area (Å²) in [6.07, 6.45) is 1.16. The molecule has 1 aromatic rings. The molecule has 6 nitrogen and oxygen atoms in total. The van der Waals surface area contributed by atoms with Crippen molar-refractivity contribution >= 4 is 5.96 Å². The average molecular weight is 281 g/mol. The van der Waals surface area contributed by atoms with Gasteiger partial charge in [0.1, 0.15) is 11.3 Å². The van der Waals surface area contributed by atoms with E-state index < -0.39 is 5.82 Å². The SMILES string of the molecule is CN(CCN1CCOCC1)C(=N)n1cc(F)ccc1=N. The van der Waals surface area contributed by atoms with Crippen LogP contribution in [0.4, 0.5) is 4.39 Å². The first-order chi connectivity index (χ1) is 9.58. The van der Waals surface area contributed by atoms with Gasteiger partial charge >= 0.3 is 0 Å². The number of nitrogens with one attached hydrogen (secondary N) is 2. The molecule has 0 bridgehead atoms. The quantitative estimate of drug-likeness (QED) is 0.612. The lowest BCUT2D eigenvalue weighted by molar-refractivity contribution is 0.0364. The lowest BCUT2D eigenvalue weighted by Crippen LogP contribution is -2.44. The summed E-state index contributed by atoms with van der Waals surface area (Å²) in [5, 5.41) is 15.8. The van der Waals surface area contributed by atoms with Crippen LogP contribution in [0.25, 0.3) is 0 Å². The minimum Gasteiger partial charge on any atom is -0.379 e. The van der Waals surface area contributed by atoms with E-state index in [1.54, 1.807) is 11.9 Å². The molecule has 0 aliphatic carbocycles. The summed E-state index contributed by atoms with van der Waals surface area (Å²) in [5.41, 5.74) is 0.0922. The number of pyridine rings is 1. The van der Waals surface area contributed by atoms with Gasteiger partial charge < -0.3 is 9.64 Å². The Balaban J connectivity index is 1.94. The largest absolute Gasteiger partial charge is 0.379 e. The molecule has 0 aromatic carbocycles. The minimum absolute atomic E-state index is 0.0922. The Morgan fingerprint density at radius 2 is 2.10 bits per heavy atom. The molecule has 110 valence electrons. The Kier molecular flexibility index (Phi) is 4.86. The molecule has 0 amide bonds. The second kappa shape index (κ2) is 6.62. The van der Waals surface area contributed by atoms with Crippen molar-refractivity contribution in [2.24, 2.45) is 0 Å². The van der Waals surface area contributed by atoms with Crippen molar-refractivity contribution in [1.29, 1.82) is 10.8 Å². The number of hydrogen-bond donors (Lipinski definition) is 2. The molecule has 2 heterocycles. The molecule has 1 aliphatic rings. The van der Waals surface area contributed by atoms with Crippen LogP contribution in [0.1, 0.15) is 0 Å². The molecule has 0 radical (unpaired) electrons. The summed E-state index contributed by atoms with van der Waals surface area (Å²) in [4.78, 5) is 3.98. The van der Waals surface area contributed by atoms with Gasteiger partial charge in [-0.25, -0.2) is 4.39 Å². The third kappa shape index (κ3) is 3.64. The fraction of sp³-hybridized carbons (Fsp3) is 0.538. The molecule has 20 heavy (non-hydrogen) atoms. The molecule has 2 rings (SSSR count). The van der Waals surface area contributed by atoms with Crippen LogP contribution in [-0.2, 0) is 4.74 Å². The van der Waals surface area contributed by atoms with Crippen molar-refractivity contribution in [3.8, 4) is 0 Å². The van der Waals surface area contributed by atoms with Crippen molar-refractivity contribution in [2.75, 3.05) is 46.4 Å². The number of hydrogen-bond acceptors (Lipinski definition) is 4. The highest BCUT2D eigenvalue weighted by molar-refractivity contribution is 5.78. The Morgan fingerprint density at radius 1 is 1.40 bits per heavy atom. The molecule has 2 N–H and O–H groups in total. The second-order valence-corrected chi connectivity index (χ2v) is 4.80. The zero-order chi connectivity index (χ0) is 14.5. The van der Waals surface area contributed by atoms with Gasteiger partial charge in [-0.05, 0) is 12.1 Å². The van der Waals surface area contributed by atoms with E-state index in [9.17, 15) is 4.39 Å². The molecule has 7 heteroatoms. The number of halogens is 1. The van der Waals surface area contributed by atoms with Gasteiger partial charge in [0, 0.05) is 39.4 Å². The van der Waals surface area contributed by atoms with Gasteiger partial charge in [0.25, 0.3) is 0 Å². The van der Waals surface area contributed by atoms with Crippen LogP contribution >= 0.6 is 0 Å². The Bertz CT molecular complexity index is 524. The Labute approximate surface area is 117 Å². The van der Waals surface area contributed by atoms with Crippen molar-refractivity contribution in [1.82, 2.24) is 14.4 Å². The van der Waals surface area contributed by atoms with Crippen molar-refractivity contribution in [2.45, 2.75) is 0 Å². The molecule has 1 fully saturated rings. The summed E-state index contributed by atoms with van der Waals surface area (Å²) >= 11 is 0. The van der Waals surface area contributed by atoms with Gasteiger partial charge in [0.05, 0.1) is 13.2 Å². The van der Waals surface area contributed by atoms with Crippen molar-refractivity contribution in [3.63, 3.8) is 0 Å². The molecule has 1 saturated heterocycles. The summed E-state index contributed by atoms with van der Waals surface area (Å²) < 4.78 is 19.7. The third-order valence-electron chi connectivity index (χ3n) is 3.36. The van der Waals surface area contributed by atoms with Gasteiger partial charge in [-0.2, -0.15) is 0 Å². The van der Waals surface area contributed by atoms with Crippen LogP contribution in [0.2, 0.25) is 0 Å². The number of ether oxygens (including phenoxy) is 1. The van der Waals surface area contributed by atoms with Gasteiger partial charge in [-0.3, -0.25) is 20.3 Å². The van der Waals surface area contributed by atoms with E-state index in [-0.39, 0.29) is 11.4 Å². The van der Waals surface area contributed by atoms with Crippen LogP contribution in [-0.4, -0.2) is 66.8 Å². The van der Waals surface area contributed by atoms with E-state index in [4.69, 9.17) is 15.6 Å². The molecular formula is C13H20FN5O. The first kappa shape index (κ1) is 14.7. The third-order valence-corrected chi connectivity index (χ3v) is 3.36. The Hall–Kier alpha value is -1.73. The van der Waals surface area contributed by atoms with Crippen molar-refractivity contribution in [3.05, 3.63) is 29.6 Å². The molecule has 0 saturated carbocycles. The first-order valence-corrected chi connectivity index (χ1v) is 6.61. The number of nitrogens with zero attached hydrogens (tertiary/aromatic N) is 3. The number of morpholine rings is 1. The molecule has 1 aromatic heterocycles. The van der Waals surface area contributed by atoms with Crippen LogP contribution in [0.5, 0.6) is 0 Å². The fourth-order valence-electron chi connectivity index (χ4n) is 2.06. The number of aromatic nitrogens is 1.